The molecule has 0 fully saturated rings. The Labute approximate surface area is 92.6 Å². The summed E-state index contributed by atoms with van der Waals surface area (Å²) in [5.74, 6) is 0.215. The number of nitrogens with one attached hydrogen (secondary N) is 2. The molecule has 6 nitrogen and oxygen atoms in total. The first-order chi connectivity index (χ1) is 7.56. The third-order valence-corrected chi connectivity index (χ3v) is 2.91. The van der Waals surface area contributed by atoms with Crippen LogP contribution in [-0.2, 0) is 11.3 Å². The largest absolute Gasteiger partial charge is 0.453 e. The summed E-state index contributed by atoms with van der Waals surface area (Å²) in [6.07, 6.45) is -0.400. The maximum Gasteiger partial charge on any atom is 0.410 e. The summed E-state index contributed by atoms with van der Waals surface area (Å²) < 4.78 is 4.72. The van der Waals surface area contributed by atoms with Gasteiger partial charge in [0, 0.05) is 0 Å². The minimum Gasteiger partial charge on any atom is -0.453 e. The number of amides is 1. The van der Waals surface area contributed by atoms with Crippen molar-refractivity contribution in [2.24, 2.45) is 5.92 Å². The second kappa shape index (κ2) is 3.70. The Kier molecular flexibility index (Phi) is 2.49. The topological polar surface area (TPSA) is 78.2 Å². The smallest absolute Gasteiger partial charge is 0.410 e. The van der Waals surface area contributed by atoms with Crippen LogP contribution >= 0.6 is 0 Å². The van der Waals surface area contributed by atoms with Crippen LogP contribution in [0.2, 0.25) is 0 Å². The number of carbonyl (C=O) groups excluding carboxylic acids is 1. The van der Waals surface area contributed by atoms with Crippen LogP contribution in [0.15, 0.2) is 4.79 Å². The van der Waals surface area contributed by atoms with E-state index in [1.807, 2.05) is 13.8 Å². The number of aromatic nitrogens is 2. The molecule has 1 aromatic heterocycles. The molecule has 6 heteroatoms. The molecule has 2 rings (SSSR count). The van der Waals surface area contributed by atoms with E-state index in [2.05, 4.69) is 10.2 Å². The lowest BCUT2D eigenvalue weighted by Gasteiger charge is -2.26. The molecule has 0 saturated carbocycles. The second-order valence-corrected chi connectivity index (χ2v) is 4.26. The van der Waals surface area contributed by atoms with Crippen LogP contribution in [-0.4, -0.2) is 28.3 Å². The monoisotopic (exact) mass is 225 g/mol. The third-order valence-electron chi connectivity index (χ3n) is 2.91. The molecule has 0 aromatic carbocycles. The Morgan fingerprint density at radius 1 is 1.50 bits per heavy atom. The van der Waals surface area contributed by atoms with Gasteiger partial charge in [-0.3, -0.25) is 19.9 Å². The summed E-state index contributed by atoms with van der Waals surface area (Å²) >= 11 is 0. The van der Waals surface area contributed by atoms with E-state index in [0.717, 1.165) is 5.69 Å². The van der Waals surface area contributed by atoms with Gasteiger partial charge in [0.1, 0.15) is 0 Å². The first-order valence-electron chi connectivity index (χ1n) is 5.20. The van der Waals surface area contributed by atoms with Crippen molar-refractivity contribution in [1.82, 2.24) is 15.1 Å². The molecule has 88 valence electrons. The van der Waals surface area contributed by atoms with E-state index in [4.69, 9.17) is 4.74 Å². The number of methoxy groups -OCH3 is 1. The number of ether oxygens (including phenoxy) is 1. The highest BCUT2D eigenvalue weighted by molar-refractivity contribution is 5.69. The van der Waals surface area contributed by atoms with Gasteiger partial charge in [-0.2, -0.15) is 0 Å². The Morgan fingerprint density at radius 2 is 2.19 bits per heavy atom. The zero-order valence-corrected chi connectivity index (χ0v) is 9.53. The van der Waals surface area contributed by atoms with Gasteiger partial charge in [-0.25, -0.2) is 4.79 Å². The van der Waals surface area contributed by atoms with E-state index in [0.29, 0.717) is 12.1 Å². The number of aromatic amines is 2. The zero-order valence-electron chi connectivity index (χ0n) is 9.53. The molecule has 1 unspecified atom stereocenters. The van der Waals surface area contributed by atoms with Gasteiger partial charge >= 0.3 is 6.09 Å². The summed E-state index contributed by atoms with van der Waals surface area (Å²) in [5.41, 5.74) is 1.27. The minimum absolute atomic E-state index is 0.124. The fourth-order valence-corrected chi connectivity index (χ4v) is 2.22. The van der Waals surface area contributed by atoms with Crippen LogP contribution < -0.4 is 5.56 Å². The van der Waals surface area contributed by atoms with Crippen molar-refractivity contribution in [3.8, 4) is 0 Å². The number of rotatable bonds is 1. The van der Waals surface area contributed by atoms with Crippen molar-refractivity contribution in [2.45, 2.75) is 26.4 Å². The first kappa shape index (κ1) is 10.8. The average Bonchev–Trinajstić information content (AvgIpc) is 2.77. The highest BCUT2D eigenvalue weighted by Crippen LogP contribution is 2.35. The van der Waals surface area contributed by atoms with Crippen LogP contribution in [0.1, 0.15) is 31.1 Å². The van der Waals surface area contributed by atoms with E-state index < -0.39 is 6.09 Å². The van der Waals surface area contributed by atoms with E-state index >= 15 is 0 Å². The lowest BCUT2D eigenvalue weighted by Crippen LogP contribution is -2.33. The van der Waals surface area contributed by atoms with Gasteiger partial charge in [0.15, 0.2) is 0 Å². The summed E-state index contributed by atoms with van der Waals surface area (Å²) in [4.78, 5) is 24.6. The molecule has 2 heterocycles. The predicted molar refractivity (Wildman–Crippen MR) is 56.9 cm³/mol. The van der Waals surface area contributed by atoms with Crippen molar-refractivity contribution >= 4 is 6.09 Å². The SMILES string of the molecule is COC(=O)N1Cc2c([nH][nH]c2=O)C1C(C)C. The molecule has 0 saturated heterocycles. The molecule has 1 atom stereocenters. The van der Waals surface area contributed by atoms with Crippen LogP contribution in [0.4, 0.5) is 4.79 Å². The number of fused-ring (bicyclic) bond motifs is 1. The maximum absolute atomic E-state index is 11.6. The summed E-state index contributed by atoms with van der Waals surface area (Å²) in [6.45, 7) is 4.31. The summed E-state index contributed by atoms with van der Waals surface area (Å²) in [7, 11) is 1.34. The molecule has 1 aliphatic rings. The second-order valence-electron chi connectivity index (χ2n) is 4.26. The van der Waals surface area contributed by atoms with Crippen LogP contribution in [0.3, 0.4) is 0 Å². The van der Waals surface area contributed by atoms with E-state index in [9.17, 15) is 9.59 Å². The van der Waals surface area contributed by atoms with E-state index in [-0.39, 0.29) is 17.5 Å². The summed E-state index contributed by atoms with van der Waals surface area (Å²) in [5, 5.41) is 5.38. The normalized spacial score (nSPS) is 19.0. The van der Waals surface area contributed by atoms with Crippen molar-refractivity contribution < 1.29 is 9.53 Å². The molecule has 0 spiro atoms. The molecule has 0 radical (unpaired) electrons. The highest BCUT2D eigenvalue weighted by atomic mass is 16.5. The number of H-pyrrole nitrogens is 2. The van der Waals surface area contributed by atoms with Gasteiger partial charge < -0.3 is 4.74 Å². The lowest BCUT2D eigenvalue weighted by atomic mass is 10.0. The quantitative estimate of drug-likeness (QED) is 0.747. The molecule has 0 bridgehead atoms. The van der Waals surface area contributed by atoms with Gasteiger partial charge in [-0.1, -0.05) is 13.8 Å². The zero-order chi connectivity index (χ0) is 11.9. The van der Waals surface area contributed by atoms with Gasteiger partial charge in [-0.15, -0.1) is 0 Å². The van der Waals surface area contributed by atoms with Crippen molar-refractivity contribution in [1.29, 1.82) is 0 Å². The Hall–Kier alpha value is -1.72. The van der Waals surface area contributed by atoms with Crippen LogP contribution in [0.5, 0.6) is 0 Å². The van der Waals surface area contributed by atoms with Crippen molar-refractivity contribution in [3.05, 3.63) is 21.6 Å². The Balaban J connectivity index is 2.41. The van der Waals surface area contributed by atoms with Gasteiger partial charge in [0.05, 0.1) is 31.0 Å². The number of hydrogen-bond donors (Lipinski definition) is 2. The summed E-state index contributed by atoms with van der Waals surface area (Å²) in [6, 6.07) is -0.124. The molecule has 2 N–H and O–H groups in total. The fourth-order valence-electron chi connectivity index (χ4n) is 2.22. The number of hydrogen-bond acceptors (Lipinski definition) is 3. The predicted octanol–water partition coefficient (Wildman–Crippen LogP) is 0.982. The van der Waals surface area contributed by atoms with Gasteiger partial charge in [0.2, 0.25) is 0 Å². The molecule has 1 aromatic rings. The molecule has 0 aliphatic carbocycles. The molecule has 1 amide bonds. The molecular weight excluding hydrogens is 210 g/mol. The molecule has 16 heavy (non-hydrogen) atoms. The maximum atomic E-state index is 11.6. The number of nitrogens with zero attached hydrogens (tertiary/aromatic N) is 1. The Morgan fingerprint density at radius 3 is 2.75 bits per heavy atom. The van der Waals surface area contributed by atoms with Crippen molar-refractivity contribution in [3.63, 3.8) is 0 Å². The average molecular weight is 225 g/mol. The fraction of sp³-hybridized carbons (Fsp3) is 0.600. The Bertz CT molecular complexity index is 460. The van der Waals surface area contributed by atoms with E-state index in [1.54, 1.807) is 4.90 Å². The molecule has 1 aliphatic heterocycles. The van der Waals surface area contributed by atoms with E-state index in [1.165, 1.54) is 7.11 Å². The standard InChI is InChI=1S/C10H15N3O3/c1-5(2)8-7-6(9(14)12-11-7)4-13(8)10(15)16-3/h5,8H,4H2,1-3H3,(H2,11,12,14). The lowest BCUT2D eigenvalue weighted by molar-refractivity contribution is 0.0960. The van der Waals surface area contributed by atoms with Gasteiger partial charge in [0.25, 0.3) is 5.56 Å². The highest BCUT2D eigenvalue weighted by Gasteiger charge is 2.39. The van der Waals surface area contributed by atoms with Crippen molar-refractivity contribution in [2.75, 3.05) is 7.11 Å². The third kappa shape index (κ3) is 1.41. The van der Waals surface area contributed by atoms with Gasteiger partial charge in [-0.05, 0) is 5.92 Å². The first-order valence-corrected chi connectivity index (χ1v) is 5.20. The van der Waals surface area contributed by atoms with Crippen LogP contribution in [0.25, 0.3) is 0 Å². The van der Waals surface area contributed by atoms with Crippen LogP contribution in [0, 0.1) is 5.92 Å². The number of carbonyl (C=O) groups is 1. The minimum atomic E-state index is -0.400. The molecular formula is C10H15N3O3.